The van der Waals surface area contributed by atoms with Crippen molar-refractivity contribution in [3.63, 3.8) is 0 Å². The molecule has 0 unspecified atom stereocenters. The van der Waals surface area contributed by atoms with Crippen LogP contribution in [0.15, 0.2) is 18.2 Å². The monoisotopic (exact) mass is 280 g/mol. The predicted molar refractivity (Wildman–Crippen MR) is 61.5 cm³/mol. The third kappa shape index (κ3) is 2.52. The molecule has 0 saturated carbocycles. The van der Waals surface area contributed by atoms with Crippen molar-refractivity contribution in [2.75, 3.05) is 0 Å². The summed E-state index contributed by atoms with van der Waals surface area (Å²) in [5, 5.41) is 1.10. The fraction of sp³-hybridized carbons (Fsp3) is 0. The lowest BCUT2D eigenvalue weighted by atomic mass is 10.3. The van der Waals surface area contributed by atoms with Crippen molar-refractivity contribution in [3.8, 4) is 11.6 Å². The summed E-state index contributed by atoms with van der Waals surface area (Å²) in [4.78, 5) is 0. The molecule has 78 valence electrons. The van der Waals surface area contributed by atoms with Crippen LogP contribution in [0.3, 0.4) is 0 Å². The second-order valence-corrected chi connectivity index (χ2v) is 4.24. The molecule has 3 nitrogen and oxygen atoms in total. The first-order valence-electron chi connectivity index (χ1n) is 3.78. The number of ether oxygens (including phenoxy) is 1. The van der Waals surface area contributed by atoms with Crippen molar-refractivity contribution in [1.29, 1.82) is 0 Å². The maximum absolute atomic E-state index is 5.82. The van der Waals surface area contributed by atoms with Crippen molar-refractivity contribution in [3.05, 3.63) is 33.4 Å². The van der Waals surface area contributed by atoms with Crippen LogP contribution in [-0.4, -0.2) is 8.75 Å². The first-order chi connectivity index (χ1) is 7.16. The lowest BCUT2D eigenvalue weighted by molar-refractivity contribution is 0.468. The minimum absolute atomic E-state index is 0.228. The van der Waals surface area contributed by atoms with Gasteiger partial charge in [0.15, 0.2) is 0 Å². The van der Waals surface area contributed by atoms with Gasteiger partial charge in [-0.1, -0.05) is 34.8 Å². The SMILES string of the molecule is Clc1ccc(Oc2nsnc2Cl)cc1Cl. The molecule has 1 aromatic carbocycles. The molecule has 1 heterocycles. The first-order valence-corrected chi connectivity index (χ1v) is 5.64. The molecule has 1 aromatic heterocycles. The number of nitrogens with zero attached hydrogens (tertiary/aromatic N) is 2. The molecule has 7 heteroatoms. The molecule has 0 amide bonds. The molecule has 0 N–H and O–H groups in total. The van der Waals surface area contributed by atoms with Crippen molar-refractivity contribution < 1.29 is 4.74 Å². The molecule has 0 saturated heterocycles. The number of rotatable bonds is 2. The van der Waals surface area contributed by atoms with Crippen LogP contribution in [0.4, 0.5) is 0 Å². The largest absolute Gasteiger partial charge is 0.436 e. The van der Waals surface area contributed by atoms with Crippen molar-refractivity contribution in [1.82, 2.24) is 8.75 Å². The van der Waals surface area contributed by atoms with Crippen LogP contribution in [0.5, 0.6) is 11.6 Å². The third-order valence-corrected chi connectivity index (χ3v) is 3.12. The fourth-order valence-corrected chi connectivity index (χ4v) is 1.78. The Balaban J connectivity index is 2.25. The van der Waals surface area contributed by atoms with E-state index in [4.69, 9.17) is 39.5 Å². The van der Waals surface area contributed by atoms with Gasteiger partial charge >= 0.3 is 0 Å². The summed E-state index contributed by atoms with van der Waals surface area (Å²) in [6, 6.07) is 4.89. The Morgan fingerprint density at radius 1 is 1.07 bits per heavy atom. The van der Waals surface area contributed by atoms with Gasteiger partial charge < -0.3 is 4.74 Å². The summed E-state index contributed by atoms with van der Waals surface area (Å²) >= 11 is 18.3. The lowest BCUT2D eigenvalue weighted by Gasteiger charge is -2.02. The van der Waals surface area contributed by atoms with Crippen LogP contribution in [0.1, 0.15) is 0 Å². The summed E-state index contributed by atoms with van der Waals surface area (Å²) in [6.07, 6.45) is 0. The first kappa shape index (κ1) is 11.0. The Labute approximate surface area is 105 Å². The van der Waals surface area contributed by atoms with E-state index in [1.807, 2.05) is 0 Å². The molecule has 0 bridgehead atoms. The van der Waals surface area contributed by atoms with Crippen LogP contribution in [0.25, 0.3) is 0 Å². The Morgan fingerprint density at radius 3 is 2.47 bits per heavy atom. The van der Waals surface area contributed by atoms with Crippen LogP contribution >= 0.6 is 46.5 Å². The van der Waals surface area contributed by atoms with Crippen LogP contribution in [0, 0.1) is 0 Å². The Kier molecular flexibility index (Phi) is 3.31. The summed E-state index contributed by atoms with van der Waals surface area (Å²) < 4.78 is 13.0. The molecule has 0 aliphatic heterocycles. The summed E-state index contributed by atoms with van der Waals surface area (Å²) in [5.74, 6) is 0.777. The molecule has 2 aromatic rings. The van der Waals surface area contributed by atoms with Crippen LogP contribution in [-0.2, 0) is 0 Å². The van der Waals surface area contributed by atoms with Crippen LogP contribution < -0.4 is 4.74 Å². The molecular formula is C8H3Cl3N2OS. The van der Waals surface area contributed by atoms with E-state index in [9.17, 15) is 0 Å². The quantitative estimate of drug-likeness (QED) is 0.823. The van der Waals surface area contributed by atoms with E-state index in [0.717, 1.165) is 11.7 Å². The normalized spacial score (nSPS) is 10.3. The van der Waals surface area contributed by atoms with E-state index in [2.05, 4.69) is 8.75 Å². The highest BCUT2D eigenvalue weighted by molar-refractivity contribution is 6.99. The van der Waals surface area contributed by atoms with Gasteiger partial charge in [-0.15, -0.1) is 4.37 Å². The average Bonchev–Trinajstić information content (AvgIpc) is 2.59. The molecular weight excluding hydrogens is 279 g/mol. The molecule has 0 spiro atoms. The van der Waals surface area contributed by atoms with Crippen molar-refractivity contribution in [2.24, 2.45) is 0 Å². The minimum atomic E-state index is 0.228. The highest BCUT2D eigenvalue weighted by Crippen LogP contribution is 2.31. The smallest absolute Gasteiger partial charge is 0.270 e. The van der Waals surface area contributed by atoms with Gasteiger partial charge in [-0.2, -0.15) is 4.37 Å². The minimum Gasteiger partial charge on any atom is -0.436 e. The van der Waals surface area contributed by atoms with E-state index in [0.29, 0.717) is 15.8 Å². The number of hydrogen-bond donors (Lipinski definition) is 0. The number of halogens is 3. The molecule has 0 aliphatic rings. The highest BCUT2D eigenvalue weighted by Gasteiger charge is 2.08. The van der Waals surface area contributed by atoms with E-state index in [1.165, 1.54) is 0 Å². The highest BCUT2D eigenvalue weighted by atomic mass is 35.5. The maximum atomic E-state index is 5.82. The van der Waals surface area contributed by atoms with Gasteiger partial charge in [0.2, 0.25) is 5.15 Å². The molecule has 0 aliphatic carbocycles. The van der Waals surface area contributed by atoms with Crippen molar-refractivity contribution >= 4 is 46.5 Å². The van der Waals surface area contributed by atoms with Gasteiger partial charge in [-0.25, -0.2) is 0 Å². The van der Waals surface area contributed by atoms with Gasteiger partial charge in [0, 0.05) is 6.07 Å². The van der Waals surface area contributed by atoms with Crippen molar-refractivity contribution in [2.45, 2.75) is 0 Å². The Hall–Kier alpha value is -0.550. The van der Waals surface area contributed by atoms with Gasteiger partial charge in [0.25, 0.3) is 5.88 Å². The van der Waals surface area contributed by atoms with Gasteiger partial charge in [-0.3, -0.25) is 0 Å². The van der Waals surface area contributed by atoms with E-state index >= 15 is 0 Å². The molecule has 0 atom stereocenters. The number of aromatic nitrogens is 2. The summed E-state index contributed by atoms with van der Waals surface area (Å²) in [6.45, 7) is 0. The van der Waals surface area contributed by atoms with E-state index in [1.54, 1.807) is 18.2 Å². The standard InChI is InChI=1S/C8H3Cl3N2OS/c9-5-2-1-4(3-6(5)10)14-8-7(11)12-15-13-8/h1-3H. The number of hydrogen-bond acceptors (Lipinski definition) is 4. The lowest BCUT2D eigenvalue weighted by Crippen LogP contribution is -1.84. The predicted octanol–water partition coefficient (Wildman–Crippen LogP) is 4.29. The second-order valence-electron chi connectivity index (χ2n) is 2.54. The molecule has 0 fully saturated rings. The molecule has 2 rings (SSSR count). The zero-order chi connectivity index (χ0) is 10.8. The van der Waals surface area contributed by atoms with Crippen LogP contribution in [0.2, 0.25) is 15.2 Å². The number of benzene rings is 1. The van der Waals surface area contributed by atoms with Gasteiger partial charge in [-0.05, 0) is 12.1 Å². The third-order valence-electron chi connectivity index (χ3n) is 1.53. The zero-order valence-electron chi connectivity index (χ0n) is 7.08. The van der Waals surface area contributed by atoms with E-state index < -0.39 is 0 Å². The van der Waals surface area contributed by atoms with Gasteiger partial charge in [0.1, 0.15) is 5.75 Å². The molecule has 0 radical (unpaired) electrons. The summed E-state index contributed by atoms with van der Waals surface area (Å²) in [7, 11) is 0. The maximum Gasteiger partial charge on any atom is 0.270 e. The van der Waals surface area contributed by atoms with E-state index in [-0.39, 0.29) is 11.0 Å². The Bertz CT molecular complexity index is 488. The Morgan fingerprint density at radius 2 is 1.87 bits per heavy atom. The molecule has 15 heavy (non-hydrogen) atoms. The fourth-order valence-electron chi connectivity index (χ4n) is 0.883. The topological polar surface area (TPSA) is 35.0 Å². The summed E-state index contributed by atoms with van der Waals surface area (Å²) in [5.41, 5.74) is 0. The second kappa shape index (κ2) is 4.53. The van der Waals surface area contributed by atoms with Gasteiger partial charge in [0.05, 0.1) is 21.8 Å². The zero-order valence-corrected chi connectivity index (χ0v) is 10.2. The average molecular weight is 282 g/mol.